The van der Waals surface area contributed by atoms with Crippen LogP contribution in [0.2, 0.25) is 0 Å². The van der Waals surface area contributed by atoms with E-state index in [-0.39, 0.29) is 5.82 Å². The van der Waals surface area contributed by atoms with Gasteiger partial charge in [-0.3, -0.25) is 0 Å². The van der Waals surface area contributed by atoms with Crippen LogP contribution in [-0.2, 0) is 0 Å². The number of hydrogen-bond acceptors (Lipinski definition) is 2. The molecule has 2 nitrogen and oxygen atoms in total. The summed E-state index contributed by atoms with van der Waals surface area (Å²) in [5.41, 5.74) is 7.76. The zero-order valence-corrected chi connectivity index (χ0v) is 12.0. The number of anilines is 2. The average Bonchev–Trinajstić information content (AvgIpc) is 2.24. The SMILES string of the molecule is Cc1cc(NCC(C(C)C)C(C)C)c(N)cc1F. The Balaban J connectivity index is 2.76. The summed E-state index contributed by atoms with van der Waals surface area (Å²) in [6.45, 7) is 11.5. The molecule has 0 heterocycles. The van der Waals surface area contributed by atoms with Gasteiger partial charge in [-0.05, 0) is 42.4 Å². The van der Waals surface area contributed by atoms with Crippen LogP contribution in [0.4, 0.5) is 15.8 Å². The van der Waals surface area contributed by atoms with Gasteiger partial charge in [0.15, 0.2) is 0 Å². The topological polar surface area (TPSA) is 38.0 Å². The molecule has 0 aliphatic rings. The first-order valence-corrected chi connectivity index (χ1v) is 6.62. The second kappa shape index (κ2) is 6.07. The second-order valence-corrected chi connectivity index (χ2v) is 5.72. The van der Waals surface area contributed by atoms with Gasteiger partial charge in [0, 0.05) is 6.54 Å². The molecule has 102 valence electrons. The molecule has 18 heavy (non-hydrogen) atoms. The molecular weight excluding hydrogens is 227 g/mol. The molecule has 0 atom stereocenters. The van der Waals surface area contributed by atoms with E-state index >= 15 is 0 Å². The number of rotatable bonds is 5. The summed E-state index contributed by atoms with van der Waals surface area (Å²) in [6, 6.07) is 3.17. The minimum Gasteiger partial charge on any atom is -0.397 e. The zero-order chi connectivity index (χ0) is 13.9. The van der Waals surface area contributed by atoms with Crippen molar-refractivity contribution in [3.63, 3.8) is 0 Å². The molecule has 1 aromatic carbocycles. The lowest BCUT2D eigenvalue weighted by Crippen LogP contribution is -2.24. The van der Waals surface area contributed by atoms with Crippen LogP contribution >= 0.6 is 0 Å². The van der Waals surface area contributed by atoms with Crippen LogP contribution in [0, 0.1) is 30.5 Å². The second-order valence-electron chi connectivity index (χ2n) is 5.72. The van der Waals surface area contributed by atoms with Crippen molar-refractivity contribution in [2.75, 3.05) is 17.6 Å². The predicted molar refractivity (Wildman–Crippen MR) is 77.2 cm³/mol. The molecule has 0 bridgehead atoms. The van der Waals surface area contributed by atoms with Gasteiger partial charge in [-0.25, -0.2) is 4.39 Å². The van der Waals surface area contributed by atoms with Gasteiger partial charge in [0.25, 0.3) is 0 Å². The monoisotopic (exact) mass is 252 g/mol. The molecular formula is C15H25FN2. The van der Waals surface area contributed by atoms with E-state index < -0.39 is 0 Å². The van der Waals surface area contributed by atoms with Crippen LogP contribution in [0.25, 0.3) is 0 Å². The Morgan fingerprint density at radius 3 is 2.22 bits per heavy atom. The number of nitrogen functional groups attached to an aromatic ring is 1. The molecule has 0 radical (unpaired) electrons. The third kappa shape index (κ3) is 3.62. The number of nitrogens with one attached hydrogen (secondary N) is 1. The molecule has 1 aromatic rings. The lowest BCUT2D eigenvalue weighted by atomic mass is 9.85. The summed E-state index contributed by atoms with van der Waals surface area (Å²) < 4.78 is 13.3. The number of aryl methyl sites for hydroxylation is 1. The Labute approximate surface area is 110 Å². The van der Waals surface area contributed by atoms with E-state index in [1.807, 2.05) is 0 Å². The van der Waals surface area contributed by atoms with Gasteiger partial charge in [-0.1, -0.05) is 27.7 Å². The number of hydrogen-bond donors (Lipinski definition) is 2. The lowest BCUT2D eigenvalue weighted by molar-refractivity contribution is 0.304. The number of benzene rings is 1. The van der Waals surface area contributed by atoms with E-state index in [1.54, 1.807) is 13.0 Å². The summed E-state index contributed by atoms with van der Waals surface area (Å²) in [5, 5.41) is 3.35. The van der Waals surface area contributed by atoms with Gasteiger partial charge in [-0.2, -0.15) is 0 Å². The molecule has 3 N–H and O–H groups in total. The molecule has 0 fully saturated rings. The summed E-state index contributed by atoms with van der Waals surface area (Å²) >= 11 is 0. The maximum absolute atomic E-state index is 13.3. The summed E-state index contributed by atoms with van der Waals surface area (Å²) in [6.07, 6.45) is 0. The van der Waals surface area contributed by atoms with Crippen molar-refractivity contribution in [2.45, 2.75) is 34.6 Å². The van der Waals surface area contributed by atoms with Crippen LogP contribution in [0.5, 0.6) is 0 Å². The largest absolute Gasteiger partial charge is 0.397 e. The maximum Gasteiger partial charge on any atom is 0.128 e. The van der Waals surface area contributed by atoms with Gasteiger partial charge in [0.1, 0.15) is 5.82 Å². The van der Waals surface area contributed by atoms with Crippen LogP contribution < -0.4 is 11.1 Å². The molecule has 0 saturated heterocycles. The van der Waals surface area contributed by atoms with E-state index in [2.05, 4.69) is 33.0 Å². The maximum atomic E-state index is 13.3. The Morgan fingerprint density at radius 1 is 1.17 bits per heavy atom. The van der Waals surface area contributed by atoms with Crippen molar-refractivity contribution in [3.05, 3.63) is 23.5 Å². The third-order valence-corrected chi connectivity index (χ3v) is 3.57. The standard InChI is InChI=1S/C15H25FN2/c1-9(2)12(10(3)4)8-18-15-6-11(5)13(16)7-14(15)17/h6-7,9-10,12,18H,8,17H2,1-5H3. The van der Waals surface area contributed by atoms with Crippen molar-refractivity contribution < 1.29 is 4.39 Å². The Hall–Kier alpha value is -1.25. The lowest BCUT2D eigenvalue weighted by Gasteiger charge is -2.26. The van der Waals surface area contributed by atoms with Crippen LogP contribution in [0.15, 0.2) is 12.1 Å². The fourth-order valence-corrected chi connectivity index (χ4v) is 2.32. The van der Waals surface area contributed by atoms with Gasteiger partial charge >= 0.3 is 0 Å². The predicted octanol–water partition coefficient (Wildman–Crippen LogP) is 4.06. The van der Waals surface area contributed by atoms with E-state index in [1.165, 1.54) is 6.07 Å². The van der Waals surface area contributed by atoms with E-state index in [0.29, 0.717) is 29.0 Å². The molecule has 0 aliphatic heterocycles. The molecule has 0 aliphatic carbocycles. The van der Waals surface area contributed by atoms with Gasteiger partial charge in [0.2, 0.25) is 0 Å². The summed E-state index contributed by atoms with van der Waals surface area (Å²) in [4.78, 5) is 0. The minimum absolute atomic E-state index is 0.248. The highest BCUT2D eigenvalue weighted by molar-refractivity contribution is 5.67. The normalized spacial score (nSPS) is 11.6. The molecule has 3 heteroatoms. The minimum atomic E-state index is -0.248. The van der Waals surface area contributed by atoms with E-state index in [0.717, 1.165) is 12.2 Å². The highest BCUT2D eigenvalue weighted by atomic mass is 19.1. The molecule has 0 unspecified atom stereocenters. The van der Waals surface area contributed by atoms with Crippen LogP contribution in [0.3, 0.4) is 0 Å². The number of nitrogens with two attached hydrogens (primary N) is 1. The first kappa shape index (κ1) is 14.8. The van der Waals surface area contributed by atoms with Crippen molar-refractivity contribution >= 4 is 11.4 Å². The van der Waals surface area contributed by atoms with E-state index in [4.69, 9.17) is 5.73 Å². The summed E-state index contributed by atoms with van der Waals surface area (Å²) in [7, 11) is 0. The van der Waals surface area contributed by atoms with E-state index in [9.17, 15) is 4.39 Å². The van der Waals surface area contributed by atoms with Gasteiger partial charge in [0.05, 0.1) is 11.4 Å². The smallest absolute Gasteiger partial charge is 0.128 e. The van der Waals surface area contributed by atoms with Crippen molar-refractivity contribution in [1.29, 1.82) is 0 Å². The fraction of sp³-hybridized carbons (Fsp3) is 0.600. The molecule has 0 amide bonds. The molecule has 0 spiro atoms. The molecule has 1 rings (SSSR count). The summed E-state index contributed by atoms with van der Waals surface area (Å²) in [5.74, 6) is 1.55. The van der Waals surface area contributed by atoms with Crippen molar-refractivity contribution in [3.8, 4) is 0 Å². The van der Waals surface area contributed by atoms with Crippen molar-refractivity contribution in [2.24, 2.45) is 17.8 Å². The highest BCUT2D eigenvalue weighted by Crippen LogP contribution is 2.25. The first-order valence-electron chi connectivity index (χ1n) is 6.62. The molecule has 0 saturated carbocycles. The quantitative estimate of drug-likeness (QED) is 0.776. The Morgan fingerprint density at radius 2 is 1.72 bits per heavy atom. The molecule has 0 aromatic heterocycles. The third-order valence-electron chi connectivity index (χ3n) is 3.57. The van der Waals surface area contributed by atoms with Gasteiger partial charge < -0.3 is 11.1 Å². The highest BCUT2D eigenvalue weighted by Gasteiger charge is 2.17. The zero-order valence-electron chi connectivity index (χ0n) is 12.0. The first-order chi connectivity index (χ1) is 8.32. The van der Waals surface area contributed by atoms with Crippen LogP contribution in [-0.4, -0.2) is 6.54 Å². The Bertz CT molecular complexity index is 392. The van der Waals surface area contributed by atoms with Crippen LogP contribution in [0.1, 0.15) is 33.3 Å². The Kier molecular flexibility index (Phi) is 5.00. The number of halogens is 1. The van der Waals surface area contributed by atoms with Gasteiger partial charge in [-0.15, -0.1) is 0 Å². The van der Waals surface area contributed by atoms with Crippen molar-refractivity contribution in [1.82, 2.24) is 0 Å². The average molecular weight is 252 g/mol. The fourth-order valence-electron chi connectivity index (χ4n) is 2.32.